The fourth-order valence-corrected chi connectivity index (χ4v) is 5.48. The molecule has 2 rings (SSSR count). The first kappa shape index (κ1) is 20.1. The Morgan fingerprint density at radius 2 is 0.960 bits per heavy atom. The van der Waals surface area contributed by atoms with Crippen LogP contribution in [-0.2, 0) is 29.9 Å². The van der Waals surface area contributed by atoms with Gasteiger partial charge < -0.3 is 0 Å². The van der Waals surface area contributed by atoms with Crippen LogP contribution < -0.4 is 10.3 Å². The zero-order valence-electron chi connectivity index (χ0n) is 12.0. The number of halogens is 2. The lowest BCUT2D eigenvalue weighted by molar-refractivity contribution is 0.594. The van der Waals surface area contributed by atoms with Crippen molar-refractivity contribution < 1.29 is 25.3 Å². The van der Waals surface area contributed by atoms with Gasteiger partial charge in [-0.05, 0) is 36.4 Å². The average Bonchev–Trinajstić information content (AvgIpc) is 2.45. The Hall–Kier alpha value is -1.21. The van der Waals surface area contributed by atoms with E-state index in [1.165, 1.54) is 0 Å². The van der Waals surface area contributed by atoms with Gasteiger partial charge in [-0.2, -0.15) is 0 Å². The van der Waals surface area contributed by atoms with Gasteiger partial charge in [0.05, 0.1) is 19.8 Å². The minimum atomic E-state index is -4.30. The molecule has 0 unspecified atom stereocenters. The molecular formula is C12H10Cl2N2O6S3. The van der Waals surface area contributed by atoms with Crippen molar-refractivity contribution in [3.63, 3.8) is 0 Å². The highest BCUT2D eigenvalue weighted by Crippen LogP contribution is 2.30. The zero-order valence-corrected chi connectivity index (χ0v) is 16.0. The van der Waals surface area contributed by atoms with Gasteiger partial charge in [0.2, 0.25) is 29.9 Å². The third-order valence-electron chi connectivity index (χ3n) is 3.04. The molecular weight excluding hydrogens is 435 g/mol. The normalized spacial score (nSPS) is 13.0. The fourth-order valence-electron chi connectivity index (χ4n) is 1.87. The molecule has 8 nitrogen and oxygen atoms in total. The van der Waals surface area contributed by atoms with E-state index in [0.717, 1.165) is 36.4 Å². The van der Waals surface area contributed by atoms with Crippen molar-refractivity contribution >= 4 is 53.1 Å². The number of primary sulfonamides is 2. The van der Waals surface area contributed by atoms with Gasteiger partial charge in [0.1, 0.15) is 9.79 Å². The largest absolute Gasteiger partial charge is 0.239 e. The maximum atomic E-state index is 12.7. The molecule has 4 N–H and O–H groups in total. The number of benzene rings is 2. The van der Waals surface area contributed by atoms with Crippen LogP contribution in [0.15, 0.2) is 56.0 Å². The molecule has 136 valence electrons. The predicted octanol–water partition coefficient (Wildman–Crippen LogP) is 1.12. The molecule has 0 aromatic heterocycles. The molecule has 2 aromatic carbocycles. The highest BCUT2D eigenvalue weighted by molar-refractivity contribution is 7.92. The van der Waals surface area contributed by atoms with E-state index >= 15 is 0 Å². The van der Waals surface area contributed by atoms with Gasteiger partial charge in [0.25, 0.3) is 0 Å². The smallest absolute Gasteiger partial charge is 0.225 e. The SMILES string of the molecule is NS(=O)(=O)c1cc(S(=O)(=O)c2ccc(Cl)c(S(N)(=O)=O)c2)ccc1Cl. The lowest BCUT2D eigenvalue weighted by atomic mass is 10.3. The Morgan fingerprint density at radius 1 is 0.640 bits per heavy atom. The molecule has 0 amide bonds. The molecule has 0 heterocycles. The van der Waals surface area contributed by atoms with Crippen LogP contribution >= 0.6 is 23.2 Å². The van der Waals surface area contributed by atoms with E-state index in [1.807, 2.05) is 0 Å². The summed E-state index contributed by atoms with van der Waals surface area (Å²) in [7, 11) is -12.8. The summed E-state index contributed by atoms with van der Waals surface area (Å²) in [6.07, 6.45) is 0. The summed E-state index contributed by atoms with van der Waals surface area (Å²) in [4.78, 5) is -2.08. The summed E-state index contributed by atoms with van der Waals surface area (Å²) in [6, 6.07) is 5.75. The molecule has 0 bridgehead atoms. The van der Waals surface area contributed by atoms with E-state index in [-0.39, 0.29) is 10.0 Å². The van der Waals surface area contributed by atoms with Crippen LogP contribution in [0, 0.1) is 0 Å². The minimum Gasteiger partial charge on any atom is -0.225 e. The van der Waals surface area contributed by atoms with Crippen molar-refractivity contribution in [3.8, 4) is 0 Å². The van der Waals surface area contributed by atoms with E-state index < -0.39 is 49.5 Å². The molecule has 0 aliphatic rings. The first-order valence-corrected chi connectivity index (χ1v) is 11.5. The van der Waals surface area contributed by atoms with E-state index in [0.29, 0.717) is 0 Å². The number of sulfonamides is 2. The zero-order chi connectivity index (χ0) is 19.2. The van der Waals surface area contributed by atoms with Crippen molar-refractivity contribution in [2.75, 3.05) is 0 Å². The maximum Gasteiger partial charge on any atom is 0.239 e. The number of hydrogen-bond donors (Lipinski definition) is 2. The van der Waals surface area contributed by atoms with Gasteiger partial charge in [-0.25, -0.2) is 35.5 Å². The number of nitrogens with two attached hydrogens (primary N) is 2. The lowest BCUT2D eigenvalue weighted by Crippen LogP contribution is -2.15. The van der Waals surface area contributed by atoms with E-state index in [9.17, 15) is 25.3 Å². The second-order valence-corrected chi connectivity index (χ2v) is 10.6. The highest BCUT2D eigenvalue weighted by atomic mass is 35.5. The van der Waals surface area contributed by atoms with Crippen LogP contribution in [0.3, 0.4) is 0 Å². The third kappa shape index (κ3) is 4.14. The number of sulfone groups is 1. The average molecular weight is 445 g/mol. The highest BCUT2D eigenvalue weighted by Gasteiger charge is 2.24. The van der Waals surface area contributed by atoms with Gasteiger partial charge in [0.15, 0.2) is 0 Å². The maximum absolute atomic E-state index is 12.7. The van der Waals surface area contributed by atoms with Gasteiger partial charge in [-0.3, -0.25) is 0 Å². The molecule has 0 saturated carbocycles. The van der Waals surface area contributed by atoms with Crippen molar-refractivity contribution in [1.29, 1.82) is 0 Å². The summed E-state index contributed by atoms with van der Waals surface area (Å²) < 4.78 is 71.3. The summed E-state index contributed by atoms with van der Waals surface area (Å²) in [5, 5.41) is 9.46. The van der Waals surface area contributed by atoms with Crippen LogP contribution in [0.2, 0.25) is 10.0 Å². The fraction of sp³-hybridized carbons (Fsp3) is 0. The monoisotopic (exact) mass is 444 g/mol. The Kier molecular flexibility index (Phi) is 5.23. The molecule has 13 heteroatoms. The topological polar surface area (TPSA) is 154 Å². The standard InChI is InChI=1S/C12H10Cl2N2O6S3/c13-9-3-1-7(5-11(9)24(15,19)20)23(17,18)8-2-4-10(14)12(6-8)25(16,21)22/h1-6H,(H2,15,19,20)(H2,16,21,22). The second kappa shape index (κ2) is 6.50. The van der Waals surface area contributed by atoms with Crippen molar-refractivity contribution in [2.45, 2.75) is 19.6 Å². The Balaban J connectivity index is 2.73. The van der Waals surface area contributed by atoms with Crippen LogP contribution in [-0.4, -0.2) is 25.3 Å². The first-order valence-electron chi connectivity index (χ1n) is 6.14. The van der Waals surface area contributed by atoms with E-state index in [4.69, 9.17) is 33.5 Å². The van der Waals surface area contributed by atoms with Gasteiger partial charge in [0, 0.05) is 0 Å². The minimum absolute atomic E-state index is 0.261. The molecule has 2 aromatic rings. The summed E-state index contributed by atoms with van der Waals surface area (Å²) in [6.45, 7) is 0. The summed E-state index contributed by atoms with van der Waals surface area (Å²) >= 11 is 11.4. The Bertz CT molecular complexity index is 1090. The number of rotatable bonds is 4. The van der Waals surface area contributed by atoms with Crippen LogP contribution in [0.25, 0.3) is 0 Å². The van der Waals surface area contributed by atoms with Crippen molar-refractivity contribution in [2.24, 2.45) is 10.3 Å². The molecule has 0 radical (unpaired) electrons. The molecule has 25 heavy (non-hydrogen) atoms. The predicted molar refractivity (Wildman–Crippen MR) is 91.1 cm³/mol. The molecule has 0 saturated heterocycles. The quantitative estimate of drug-likeness (QED) is 0.719. The Labute approximate surface area is 154 Å². The summed E-state index contributed by atoms with van der Waals surface area (Å²) in [5.74, 6) is 0. The van der Waals surface area contributed by atoms with Crippen LogP contribution in [0.4, 0.5) is 0 Å². The first-order chi connectivity index (χ1) is 11.2. The second-order valence-electron chi connectivity index (χ2n) is 4.78. The van der Waals surface area contributed by atoms with Crippen LogP contribution in [0.5, 0.6) is 0 Å². The summed E-state index contributed by atoms with van der Waals surface area (Å²) in [5.41, 5.74) is 0. The Morgan fingerprint density at radius 3 is 1.24 bits per heavy atom. The van der Waals surface area contributed by atoms with Gasteiger partial charge in [-0.1, -0.05) is 23.2 Å². The van der Waals surface area contributed by atoms with Gasteiger partial charge in [-0.15, -0.1) is 0 Å². The van der Waals surface area contributed by atoms with Crippen molar-refractivity contribution in [1.82, 2.24) is 0 Å². The number of hydrogen-bond acceptors (Lipinski definition) is 6. The molecule has 0 aliphatic carbocycles. The molecule has 0 fully saturated rings. The van der Waals surface area contributed by atoms with E-state index in [2.05, 4.69) is 0 Å². The van der Waals surface area contributed by atoms with E-state index in [1.54, 1.807) is 0 Å². The molecule has 0 spiro atoms. The molecule has 0 aliphatic heterocycles. The van der Waals surface area contributed by atoms with Gasteiger partial charge >= 0.3 is 0 Å². The van der Waals surface area contributed by atoms with Crippen molar-refractivity contribution in [3.05, 3.63) is 46.4 Å². The lowest BCUT2D eigenvalue weighted by Gasteiger charge is -2.09. The third-order valence-corrected chi connectivity index (χ3v) is 7.57. The van der Waals surface area contributed by atoms with Crippen LogP contribution in [0.1, 0.15) is 0 Å². The molecule has 0 atom stereocenters.